The zero-order valence-electron chi connectivity index (χ0n) is 18.8. The molecule has 182 valence electrons. The summed E-state index contributed by atoms with van der Waals surface area (Å²) in [7, 11) is 0. The molecule has 2 aliphatic heterocycles. The van der Waals surface area contributed by atoms with Crippen LogP contribution in [0.25, 0.3) is 16.8 Å². The number of ether oxygens (including phenoxy) is 1. The summed E-state index contributed by atoms with van der Waals surface area (Å²) in [6, 6.07) is 2.57. The molecule has 1 aromatic carbocycles. The Balaban J connectivity index is 1.52. The van der Waals surface area contributed by atoms with Crippen molar-refractivity contribution < 1.29 is 27.1 Å². The van der Waals surface area contributed by atoms with Crippen molar-refractivity contribution in [1.29, 1.82) is 0 Å². The van der Waals surface area contributed by atoms with E-state index in [1.54, 1.807) is 22.1 Å². The number of hydrogen-bond acceptors (Lipinski definition) is 6. The number of oxazole rings is 1. The van der Waals surface area contributed by atoms with E-state index in [9.17, 15) is 18.0 Å². The summed E-state index contributed by atoms with van der Waals surface area (Å²) >= 11 is 6.05. The van der Waals surface area contributed by atoms with E-state index in [1.807, 2.05) is 20.8 Å². The molecule has 1 amide bonds. The molecule has 2 bridgehead atoms. The van der Waals surface area contributed by atoms with Gasteiger partial charge in [0.25, 0.3) is 6.01 Å². The van der Waals surface area contributed by atoms with Gasteiger partial charge in [-0.05, 0) is 45.7 Å². The molecule has 4 heterocycles. The molecule has 2 aromatic heterocycles. The van der Waals surface area contributed by atoms with Crippen molar-refractivity contribution >= 4 is 34.8 Å². The first-order valence-corrected chi connectivity index (χ1v) is 11.3. The highest BCUT2D eigenvalue weighted by Crippen LogP contribution is 2.43. The minimum absolute atomic E-state index is 0.0527. The number of carbonyl (C=O) groups is 1. The molecule has 2 aliphatic rings. The summed E-state index contributed by atoms with van der Waals surface area (Å²) < 4.78 is 54.4. The van der Waals surface area contributed by atoms with Gasteiger partial charge in [-0.3, -0.25) is 4.90 Å². The Morgan fingerprint density at radius 2 is 1.88 bits per heavy atom. The lowest BCUT2D eigenvalue weighted by Gasteiger charge is -2.40. The van der Waals surface area contributed by atoms with Crippen LogP contribution in [0.3, 0.4) is 0 Å². The number of carbonyl (C=O) groups excluding carboxylic acids is 1. The fourth-order valence-corrected chi connectivity index (χ4v) is 4.98. The first kappa shape index (κ1) is 22.8. The minimum Gasteiger partial charge on any atom is -0.444 e. The summed E-state index contributed by atoms with van der Waals surface area (Å²) in [6.45, 7) is 6.16. The monoisotopic (exact) mass is 497 g/mol. The second-order valence-corrected chi connectivity index (χ2v) is 9.96. The molecule has 2 unspecified atom stereocenters. The Morgan fingerprint density at radius 3 is 2.44 bits per heavy atom. The van der Waals surface area contributed by atoms with Gasteiger partial charge in [0, 0.05) is 25.5 Å². The van der Waals surface area contributed by atoms with Crippen LogP contribution in [0.2, 0.25) is 5.02 Å². The first-order valence-electron chi connectivity index (χ1n) is 10.9. The fraction of sp³-hybridized carbons (Fsp3) is 0.500. The molecule has 0 spiro atoms. The van der Waals surface area contributed by atoms with Gasteiger partial charge in [-0.1, -0.05) is 11.6 Å². The van der Waals surface area contributed by atoms with Crippen LogP contribution < -0.4 is 4.90 Å². The quantitative estimate of drug-likeness (QED) is 0.480. The third-order valence-corrected chi connectivity index (χ3v) is 6.28. The zero-order valence-corrected chi connectivity index (χ0v) is 19.5. The van der Waals surface area contributed by atoms with Gasteiger partial charge < -0.3 is 14.1 Å². The molecule has 2 saturated heterocycles. The van der Waals surface area contributed by atoms with Crippen LogP contribution in [-0.2, 0) is 10.9 Å². The largest absolute Gasteiger partial charge is 0.444 e. The van der Waals surface area contributed by atoms with Crippen LogP contribution in [0.5, 0.6) is 0 Å². The number of fused-ring (bicyclic) bond motifs is 3. The molecule has 5 rings (SSSR count). The molecular formula is C22H23ClF3N5O3. The molecule has 2 atom stereocenters. The molecule has 12 heteroatoms. The number of anilines is 1. The Kier molecular flexibility index (Phi) is 5.23. The van der Waals surface area contributed by atoms with Gasteiger partial charge in [0.15, 0.2) is 5.58 Å². The Labute approximate surface area is 198 Å². The summed E-state index contributed by atoms with van der Waals surface area (Å²) in [5, 5.41) is 3.62. The molecule has 0 saturated carbocycles. The molecule has 34 heavy (non-hydrogen) atoms. The molecule has 0 radical (unpaired) electrons. The number of rotatable bonds is 2. The van der Waals surface area contributed by atoms with Crippen molar-refractivity contribution in [3.05, 3.63) is 35.1 Å². The van der Waals surface area contributed by atoms with Gasteiger partial charge in [0.1, 0.15) is 22.4 Å². The number of hydrogen-bond donors (Lipinski definition) is 0. The Hall–Kier alpha value is -2.95. The van der Waals surface area contributed by atoms with E-state index in [4.69, 9.17) is 20.8 Å². The summed E-state index contributed by atoms with van der Waals surface area (Å²) in [4.78, 5) is 20.5. The molecule has 8 nitrogen and oxygen atoms in total. The van der Waals surface area contributed by atoms with Crippen molar-refractivity contribution in [2.45, 2.75) is 57.5 Å². The van der Waals surface area contributed by atoms with E-state index in [1.165, 1.54) is 16.9 Å². The lowest BCUT2D eigenvalue weighted by Crippen LogP contribution is -2.56. The van der Waals surface area contributed by atoms with Gasteiger partial charge in [-0.2, -0.15) is 23.3 Å². The molecule has 0 aliphatic carbocycles. The van der Waals surface area contributed by atoms with Gasteiger partial charge in [-0.25, -0.2) is 9.48 Å². The lowest BCUT2D eigenvalue weighted by atomic mass is 10.1. The van der Waals surface area contributed by atoms with Gasteiger partial charge in [0.2, 0.25) is 0 Å². The number of amides is 1. The van der Waals surface area contributed by atoms with E-state index < -0.39 is 22.4 Å². The Morgan fingerprint density at radius 1 is 1.21 bits per heavy atom. The number of alkyl halides is 3. The van der Waals surface area contributed by atoms with E-state index in [2.05, 4.69) is 10.1 Å². The molecule has 3 aromatic rings. The van der Waals surface area contributed by atoms with Crippen molar-refractivity contribution in [1.82, 2.24) is 19.7 Å². The predicted molar refractivity (Wildman–Crippen MR) is 118 cm³/mol. The maximum Gasteiger partial charge on any atom is 0.420 e. The number of benzene rings is 1. The standard InChI is InChI=1S/C22H23ClF3N5O3/c1-21(2,3)34-20(32)31-12-5-6-13(31)11-29(10-12)19-28-17-16(22(24,25)26)14(23)9-15(18(17)33-19)30-8-4-7-27-30/h4,7-9,12-13H,5-6,10-11H2,1-3H3. The highest BCUT2D eigenvalue weighted by atomic mass is 35.5. The molecular weight excluding hydrogens is 475 g/mol. The highest BCUT2D eigenvalue weighted by Gasteiger charge is 2.46. The number of aromatic nitrogens is 3. The summed E-state index contributed by atoms with van der Waals surface area (Å²) in [5.74, 6) is 0. The predicted octanol–water partition coefficient (Wildman–Crippen LogP) is 5.27. The van der Waals surface area contributed by atoms with Crippen molar-refractivity contribution in [2.75, 3.05) is 18.0 Å². The number of halogens is 4. The van der Waals surface area contributed by atoms with E-state index in [0.717, 1.165) is 12.8 Å². The van der Waals surface area contributed by atoms with Crippen LogP contribution in [-0.4, -0.2) is 56.5 Å². The average molecular weight is 498 g/mol. The Bertz CT molecular complexity index is 1220. The normalized spacial score (nSPS) is 20.9. The fourth-order valence-electron chi connectivity index (χ4n) is 4.68. The van der Waals surface area contributed by atoms with Crippen molar-refractivity contribution in [2.24, 2.45) is 0 Å². The van der Waals surface area contributed by atoms with Crippen LogP contribution in [0.15, 0.2) is 28.9 Å². The van der Waals surface area contributed by atoms with Gasteiger partial charge >= 0.3 is 12.3 Å². The third kappa shape index (κ3) is 3.95. The first-order chi connectivity index (χ1) is 15.9. The SMILES string of the molecule is CC(C)(C)OC(=O)N1C2CCC1CN(c1nc3c(C(F)(F)F)c(Cl)cc(-n4cccn4)c3o1)C2. The molecule has 0 N–H and O–H groups in total. The second-order valence-electron chi connectivity index (χ2n) is 9.55. The highest BCUT2D eigenvalue weighted by molar-refractivity contribution is 6.32. The second kappa shape index (κ2) is 7.79. The topological polar surface area (TPSA) is 76.6 Å². The lowest BCUT2D eigenvalue weighted by molar-refractivity contribution is -0.136. The van der Waals surface area contributed by atoms with E-state index in [-0.39, 0.29) is 41.0 Å². The van der Waals surface area contributed by atoms with E-state index in [0.29, 0.717) is 13.1 Å². The zero-order chi connectivity index (χ0) is 24.4. The third-order valence-electron chi connectivity index (χ3n) is 5.98. The summed E-state index contributed by atoms with van der Waals surface area (Å²) in [5.41, 5.74) is -1.85. The van der Waals surface area contributed by atoms with Crippen LogP contribution in [0.1, 0.15) is 39.2 Å². The van der Waals surface area contributed by atoms with Crippen molar-refractivity contribution in [3.63, 3.8) is 0 Å². The van der Waals surface area contributed by atoms with Gasteiger partial charge in [0.05, 0.1) is 17.1 Å². The van der Waals surface area contributed by atoms with Crippen LogP contribution >= 0.6 is 11.6 Å². The number of piperazine rings is 1. The summed E-state index contributed by atoms with van der Waals surface area (Å²) in [6.07, 6.45) is -0.495. The smallest absolute Gasteiger partial charge is 0.420 e. The van der Waals surface area contributed by atoms with E-state index >= 15 is 0 Å². The van der Waals surface area contributed by atoms with Crippen LogP contribution in [0.4, 0.5) is 24.0 Å². The number of nitrogens with zero attached hydrogens (tertiary/aromatic N) is 5. The maximum absolute atomic E-state index is 13.9. The maximum atomic E-state index is 13.9. The van der Waals surface area contributed by atoms with Crippen molar-refractivity contribution in [3.8, 4) is 5.69 Å². The van der Waals surface area contributed by atoms with Crippen LogP contribution in [0, 0.1) is 0 Å². The molecule has 2 fully saturated rings. The average Bonchev–Trinajstić information content (AvgIpc) is 3.43. The van der Waals surface area contributed by atoms with Gasteiger partial charge in [-0.15, -0.1) is 0 Å². The minimum atomic E-state index is -4.72.